The predicted octanol–water partition coefficient (Wildman–Crippen LogP) is 2.10. The maximum atomic E-state index is 5.48. The van der Waals surface area contributed by atoms with E-state index < -0.39 is 0 Å². The Morgan fingerprint density at radius 2 is 2.06 bits per heavy atom. The van der Waals surface area contributed by atoms with Crippen LogP contribution < -0.4 is 14.8 Å². The van der Waals surface area contributed by atoms with Crippen LogP contribution in [0, 0.1) is 0 Å². The molecule has 0 bridgehead atoms. The van der Waals surface area contributed by atoms with Gasteiger partial charge >= 0.3 is 0 Å². The van der Waals surface area contributed by atoms with Crippen LogP contribution in [0.3, 0.4) is 0 Å². The van der Waals surface area contributed by atoms with E-state index in [9.17, 15) is 0 Å². The van der Waals surface area contributed by atoms with Gasteiger partial charge in [-0.2, -0.15) is 4.98 Å². The Morgan fingerprint density at radius 3 is 2.69 bits per heavy atom. The van der Waals surface area contributed by atoms with Crippen LogP contribution in [0.25, 0.3) is 0 Å². The van der Waals surface area contributed by atoms with Crippen molar-refractivity contribution in [2.45, 2.75) is 26.7 Å². The third kappa shape index (κ3) is 3.25. The van der Waals surface area contributed by atoms with Crippen molar-refractivity contribution in [3.8, 4) is 11.6 Å². The molecule has 0 aliphatic rings. The molecule has 0 fully saturated rings. The highest BCUT2D eigenvalue weighted by molar-refractivity contribution is 5.54. The summed E-state index contributed by atoms with van der Waals surface area (Å²) in [5.41, 5.74) is 0. The van der Waals surface area contributed by atoms with E-state index in [2.05, 4.69) is 22.2 Å². The Hall–Kier alpha value is -1.52. The first-order valence-corrected chi connectivity index (χ1v) is 5.59. The zero-order chi connectivity index (χ0) is 11.8. The molecule has 0 saturated carbocycles. The van der Waals surface area contributed by atoms with Gasteiger partial charge in [-0.3, -0.25) is 0 Å². The first kappa shape index (κ1) is 12.5. The van der Waals surface area contributed by atoms with Gasteiger partial charge in [0, 0.05) is 6.54 Å². The van der Waals surface area contributed by atoms with E-state index in [0.29, 0.717) is 24.1 Å². The van der Waals surface area contributed by atoms with Crippen LogP contribution in [0.5, 0.6) is 11.6 Å². The van der Waals surface area contributed by atoms with Gasteiger partial charge in [0.15, 0.2) is 5.82 Å². The summed E-state index contributed by atoms with van der Waals surface area (Å²) >= 11 is 0. The van der Waals surface area contributed by atoms with Crippen molar-refractivity contribution >= 4 is 5.82 Å². The molecular weight excluding hydrogens is 206 g/mol. The lowest BCUT2D eigenvalue weighted by Gasteiger charge is -2.12. The molecule has 0 spiro atoms. The number of nitrogens with zero attached hydrogens (tertiary/aromatic N) is 2. The van der Waals surface area contributed by atoms with Crippen LogP contribution in [0.1, 0.15) is 26.7 Å². The second-order valence-electron chi connectivity index (χ2n) is 3.34. The van der Waals surface area contributed by atoms with Crippen LogP contribution in [0.15, 0.2) is 6.33 Å². The Balaban J connectivity index is 2.82. The zero-order valence-electron chi connectivity index (χ0n) is 10.1. The first-order chi connectivity index (χ1) is 7.83. The number of nitrogens with one attached hydrogen (secondary N) is 1. The van der Waals surface area contributed by atoms with Gasteiger partial charge in [0.05, 0.1) is 13.7 Å². The number of anilines is 1. The van der Waals surface area contributed by atoms with E-state index in [4.69, 9.17) is 9.47 Å². The van der Waals surface area contributed by atoms with E-state index in [1.54, 1.807) is 7.11 Å². The normalized spacial score (nSPS) is 9.94. The van der Waals surface area contributed by atoms with Gasteiger partial charge in [0.1, 0.15) is 6.33 Å². The predicted molar refractivity (Wildman–Crippen MR) is 63.2 cm³/mol. The van der Waals surface area contributed by atoms with Crippen molar-refractivity contribution in [3.63, 3.8) is 0 Å². The van der Waals surface area contributed by atoms with Gasteiger partial charge in [-0.1, -0.05) is 13.8 Å². The van der Waals surface area contributed by atoms with Crippen LogP contribution >= 0.6 is 0 Å². The van der Waals surface area contributed by atoms with E-state index >= 15 is 0 Å². The number of aromatic nitrogens is 2. The standard InChI is InChI=1S/C11H19N3O2/c1-4-6-12-10-9(15-3)11(14-8-13-10)16-7-5-2/h8H,4-7H2,1-3H3,(H,12,13,14). The third-order valence-electron chi connectivity index (χ3n) is 1.96. The van der Waals surface area contributed by atoms with Gasteiger partial charge in [-0.15, -0.1) is 0 Å². The summed E-state index contributed by atoms with van der Waals surface area (Å²) in [6, 6.07) is 0. The number of hydrogen-bond acceptors (Lipinski definition) is 5. The average Bonchev–Trinajstić information content (AvgIpc) is 2.33. The fourth-order valence-corrected chi connectivity index (χ4v) is 1.21. The minimum Gasteiger partial charge on any atom is -0.489 e. The summed E-state index contributed by atoms with van der Waals surface area (Å²) in [7, 11) is 1.59. The molecule has 1 rings (SSSR count). The number of methoxy groups -OCH3 is 1. The lowest BCUT2D eigenvalue weighted by molar-refractivity contribution is 0.282. The van der Waals surface area contributed by atoms with Crippen molar-refractivity contribution in [1.29, 1.82) is 0 Å². The van der Waals surface area contributed by atoms with Crippen LogP contribution in [0.4, 0.5) is 5.82 Å². The Kier molecular flexibility index (Phi) is 5.39. The van der Waals surface area contributed by atoms with Gasteiger partial charge in [0.25, 0.3) is 5.88 Å². The summed E-state index contributed by atoms with van der Waals surface area (Å²) in [6.07, 6.45) is 3.44. The number of hydrogen-bond donors (Lipinski definition) is 1. The summed E-state index contributed by atoms with van der Waals surface area (Å²) in [4.78, 5) is 8.19. The molecule has 1 N–H and O–H groups in total. The lowest BCUT2D eigenvalue weighted by atomic mass is 10.4. The van der Waals surface area contributed by atoms with E-state index in [1.807, 2.05) is 6.92 Å². The second-order valence-corrected chi connectivity index (χ2v) is 3.34. The molecule has 0 radical (unpaired) electrons. The van der Waals surface area contributed by atoms with Crippen molar-refractivity contribution in [3.05, 3.63) is 6.33 Å². The van der Waals surface area contributed by atoms with Gasteiger partial charge < -0.3 is 14.8 Å². The number of ether oxygens (including phenoxy) is 2. The monoisotopic (exact) mass is 225 g/mol. The van der Waals surface area contributed by atoms with E-state index in [1.165, 1.54) is 6.33 Å². The van der Waals surface area contributed by atoms with Gasteiger partial charge in [-0.05, 0) is 12.8 Å². The van der Waals surface area contributed by atoms with Crippen molar-refractivity contribution < 1.29 is 9.47 Å². The maximum absolute atomic E-state index is 5.48. The van der Waals surface area contributed by atoms with Gasteiger partial charge in [-0.25, -0.2) is 4.98 Å². The average molecular weight is 225 g/mol. The molecule has 0 atom stereocenters. The molecule has 0 aromatic carbocycles. The Labute approximate surface area is 96.2 Å². The SMILES string of the molecule is CCCNc1ncnc(OCCC)c1OC. The molecule has 5 nitrogen and oxygen atoms in total. The summed E-state index contributed by atoms with van der Waals surface area (Å²) in [5.74, 6) is 1.76. The number of rotatable bonds is 7. The highest BCUT2D eigenvalue weighted by Crippen LogP contribution is 2.30. The van der Waals surface area contributed by atoms with Crippen molar-refractivity contribution in [1.82, 2.24) is 9.97 Å². The molecule has 0 aliphatic heterocycles. The van der Waals surface area contributed by atoms with E-state index in [0.717, 1.165) is 19.4 Å². The highest BCUT2D eigenvalue weighted by atomic mass is 16.5. The Morgan fingerprint density at radius 1 is 1.25 bits per heavy atom. The quantitative estimate of drug-likeness (QED) is 0.770. The molecule has 5 heteroatoms. The smallest absolute Gasteiger partial charge is 0.262 e. The third-order valence-corrected chi connectivity index (χ3v) is 1.96. The van der Waals surface area contributed by atoms with Gasteiger partial charge in [0.2, 0.25) is 5.75 Å². The summed E-state index contributed by atoms with van der Waals surface area (Å²) < 4.78 is 10.7. The largest absolute Gasteiger partial charge is 0.489 e. The second kappa shape index (κ2) is 6.87. The van der Waals surface area contributed by atoms with Crippen LogP contribution in [-0.4, -0.2) is 30.2 Å². The molecule has 1 aromatic rings. The lowest BCUT2D eigenvalue weighted by Crippen LogP contribution is -2.07. The minimum absolute atomic E-state index is 0.498. The van der Waals surface area contributed by atoms with E-state index in [-0.39, 0.29) is 0 Å². The molecule has 0 unspecified atom stereocenters. The first-order valence-electron chi connectivity index (χ1n) is 5.59. The van der Waals surface area contributed by atoms with Crippen LogP contribution in [0.2, 0.25) is 0 Å². The van der Waals surface area contributed by atoms with Crippen molar-refractivity contribution in [2.24, 2.45) is 0 Å². The topological polar surface area (TPSA) is 56.3 Å². The van der Waals surface area contributed by atoms with Crippen molar-refractivity contribution in [2.75, 3.05) is 25.6 Å². The fourth-order valence-electron chi connectivity index (χ4n) is 1.21. The highest BCUT2D eigenvalue weighted by Gasteiger charge is 2.12. The molecule has 0 amide bonds. The minimum atomic E-state index is 0.498. The zero-order valence-corrected chi connectivity index (χ0v) is 10.1. The fraction of sp³-hybridized carbons (Fsp3) is 0.636. The summed E-state index contributed by atoms with van der Waals surface area (Å²) in [5, 5.41) is 3.17. The molecule has 0 saturated heterocycles. The Bertz CT molecular complexity index is 292. The molecule has 1 heterocycles. The molecule has 1 aromatic heterocycles. The molecule has 90 valence electrons. The van der Waals surface area contributed by atoms with Crippen LogP contribution in [-0.2, 0) is 0 Å². The molecule has 0 aliphatic carbocycles. The summed E-state index contributed by atoms with van der Waals surface area (Å²) in [6.45, 7) is 5.61. The molecule has 16 heavy (non-hydrogen) atoms. The maximum Gasteiger partial charge on any atom is 0.262 e. The molecular formula is C11H19N3O2.